The molecule has 9 heteroatoms. The summed E-state index contributed by atoms with van der Waals surface area (Å²) >= 11 is 0. The molecule has 0 radical (unpaired) electrons. The minimum Gasteiger partial charge on any atom is -0.497 e. The van der Waals surface area contributed by atoms with Crippen LogP contribution in [0.3, 0.4) is 0 Å². The zero-order chi connectivity index (χ0) is 32.4. The van der Waals surface area contributed by atoms with Crippen LogP contribution in [0.2, 0.25) is 0 Å². The highest BCUT2D eigenvalue weighted by molar-refractivity contribution is 8.24. The minimum atomic E-state index is -2.98. The number of benzene rings is 4. The number of rotatable bonds is 10. The molecule has 0 spiro atoms. The quantitative estimate of drug-likeness (QED) is 0.143. The van der Waals surface area contributed by atoms with Gasteiger partial charge < -0.3 is 19.7 Å². The second-order valence-electron chi connectivity index (χ2n) is 12.7. The fourth-order valence-corrected chi connectivity index (χ4v) is 8.10. The van der Waals surface area contributed by atoms with Crippen LogP contribution in [0.5, 0.6) is 5.75 Å². The SMILES string of the molecule is COc1ccc2c(c1)S(O)(O)CCN(c1cc(NCC3(N(Cc4ccccc4)Cc4ccccc4)COC3)c3cc(C)ccc3n1)C2. The molecule has 2 aliphatic heterocycles. The van der Waals surface area contributed by atoms with E-state index in [4.69, 9.17) is 14.5 Å². The zero-order valence-electron chi connectivity index (χ0n) is 26.9. The predicted molar refractivity (Wildman–Crippen MR) is 191 cm³/mol. The lowest BCUT2D eigenvalue weighted by Gasteiger charge is -2.50. The first-order valence-electron chi connectivity index (χ1n) is 16.1. The summed E-state index contributed by atoms with van der Waals surface area (Å²) in [6, 6.07) is 35.3. The van der Waals surface area contributed by atoms with Crippen LogP contribution in [-0.2, 0) is 24.4 Å². The van der Waals surface area contributed by atoms with Crippen LogP contribution < -0.4 is 15.0 Å². The molecule has 1 aromatic heterocycles. The van der Waals surface area contributed by atoms with Crippen LogP contribution in [0.15, 0.2) is 108 Å². The van der Waals surface area contributed by atoms with E-state index in [2.05, 4.69) is 107 Å². The third-order valence-corrected chi connectivity index (χ3v) is 11.2. The molecule has 3 heterocycles. The van der Waals surface area contributed by atoms with E-state index in [0.717, 1.165) is 46.6 Å². The van der Waals surface area contributed by atoms with Crippen LogP contribution >= 0.6 is 10.6 Å². The van der Waals surface area contributed by atoms with E-state index >= 15 is 0 Å². The van der Waals surface area contributed by atoms with E-state index in [1.807, 2.05) is 12.1 Å². The standard InChI is InChI=1S/C38H42N4O4S/c1-28-13-16-34-33(19-28)35(21-37(40-34)41-17-18-47(43,44)36-20-32(45-2)15-14-31(36)24-41)39-25-38(26-46-27-38)42(22-29-9-5-3-6-10-29)23-30-11-7-4-8-12-30/h3-16,19-21,43-44H,17-18,22-27H2,1-2H3,(H,39,40). The molecular formula is C38H42N4O4S. The number of aromatic nitrogens is 1. The third kappa shape index (κ3) is 6.68. The molecule has 0 aliphatic carbocycles. The van der Waals surface area contributed by atoms with Gasteiger partial charge in [0.15, 0.2) is 0 Å². The summed E-state index contributed by atoms with van der Waals surface area (Å²) in [6.07, 6.45) is 0. The van der Waals surface area contributed by atoms with E-state index in [-0.39, 0.29) is 11.3 Å². The van der Waals surface area contributed by atoms with Crippen molar-refractivity contribution < 1.29 is 18.6 Å². The Morgan fingerprint density at radius 2 is 1.62 bits per heavy atom. The van der Waals surface area contributed by atoms with Crippen LogP contribution in [0.4, 0.5) is 11.5 Å². The molecule has 0 saturated carbocycles. The summed E-state index contributed by atoms with van der Waals surface area (Å²) < 4.78 is 33.6. The molecule has 5 aromatic rings. The van der Waals surface area contributed by atoms with Crippen molar-refractivity contribution in [3.05, 3.63) is 125 Å². The Labute approximate surface area is 278 Å². The average Bonchev–Trinajstić information content (AvgIpc) is 3.20. The normalized spacial score (nSPS) is 17.4. The summed E-state index contributed by atoms with van der Waals surface area (Å²) in [7, 11) is -1.39. The van der Waals surface area contributed by atoms with Crippen molar-refractivity contribution in [2.24, 2.45) is 0 Å². The number of pyridine rings is 1. The summed E-state index contributed by atoms with van der Waals surface area (Å²) in [5.74, 6) is 1.63. The number of fused-ring (bicyclic) bond motifs is 2. The third-order valence-electron chi connectivity index (χ3n) is 9.36. The van der Waals surface area contributed by atoms with Gasteiger partial charge in [0.1, 0.15) is 11.6 Å². The lowest BCUT2D eigenvalue weighted by molar-refractivity contribution is -0.140. The maximum Gasteiger partial charge on any atom is 0.131 e. The van der Waals surface area contributed by atoms with Crippen molar-refractivity contribution in [2.75, 3.05) is 49.4 Å². The maximum absolute atomic E-state index is 11.1. The Kier molecular flexibility index (Phi) is 8.83. The fraction of sp³-hybridized carbons (Fsp3) is 0.289. The predicted octanol–water partition coefficient (Wildman–Crippen LogP) is 7.56. The van der Waals surface area contributed by atoms with Crippen molar-refractivity contribution in [1.29, 1.82) is 0 Å². The number of nitrogens with one attached hydrogen (secondary N) is 1. The van der Waals surface area contributed by atoms with E-state index in [0.29, 0.717) is 43.5 Å². The summed E-state index contributed by atoms with van der Waals surface area (Å²) in [5.41, 5.74) is 6.27. The highest BCUT2D eigenvalue weighted by Crippen LogP contribution is 2.52. The molecular weight excluding hydrogens is 609 g/mol. The molecule has 2 aliphatic rings. The van der Waals surface area contributed by atoms with Crippen LogP contribution in [0.25, 0.3) is 10.9 Å². The minimum absolute atomic E-state index is 0.206. The molecule has 7 rings (SSSR count). The molecule has 47 heavy (non-hydrogen) atoms. The van der Waals surface area contributed by atoms with Gasteiger partial charge in [0.05, 0.1) is 42.0 Å². The lowest BCUT2D eigenvalue weighted by atomic mass is 9.92. The topological polar surface area (TPSA) is 90.3 Å². The smallest absolute Gasteiger partial charge is 0.131 e. The van der Waals surface area contributed by atoms with Crippen LogP contribution in [-0.4, -0.2) is 63.7 Å². The number of ether oxygens (including phenoxy) is 2. The number of hydrogen-bond acceptors (Lipinski definition) is 8. The number of anilines is 2. The second-order valence-corrected chi connectivity index (χ2v) is 14.9. The summed E-state index contributed by atoms with van der Waals surface area (Å²) in [6.45, 7) is 6.67. The monoisotopic (exact) mass is 650 g/mol. The number of aryl methyl sites for hydroxylation is 1. The van der Waals surface area contributed by atoms with Crippen molar-refractivity contribution in [1.82, 2.24) is 9.88 Å². The van der Waals surface area contributed by atoms with Crippen molar-refractivity contribution in [3.8, 4) is 5.75 Å². The second kappa shape index (κ2) is 13.2. The fourth-order valence-electron chi connectivity index (χ4n) is 6.55. The zero-order valence-corrected chi connectivity index (χ0v) is 27.7. The van der Waals surface area contributed by atoms with E-state index < -0.39 is 10.6 Å². The van der Waals surface area contributed by atoms with Gasteiger partial charge >= 0.3 is 0 Å². The Bertz CT molecular complexity index is 1810. The Morgan fingerprint density at radius 1 is 0.915 bits per heavy atom. The molecule has 0 unspecified atom stereocenters. The maximum atomic E-state index is 11.1. The Morgan fingerprint density at radius 3 is 2.26 bits per heavy atom. The van der Waals surface area contributed by atoms with Gasteiger partial charge in [-0.2, -0.15) is 10.6 Å². The van der Waals surface area contributed by atoms with Gasteiger partial charge in [-0.25, -0.2) is 4.98 Å². The number of methoxy groups -OCH3 is 1. The van der Waals surface area contributed by atoms with Crippen molar-refractivity contribution >= 4 is 33.0 Å². The van der Waals surface area contributed by atoms with Gasteiger partial charge in [-0.05, 0) is 41.8 Å². The van der Waals surface area contributed by atoms with Gasteiger partial charge in [0.25, 0.3) is 0 Å². The van der Waals surface area contributed by atoms with Crippen molar-refractivity contribution in [3.63, 3.8) is 0 Å². The molecule has 1 fully saturated rings. The molecule has 0 atom stereocenters. The molecule has 3 N–H and O–H groups in total. The largest absolute Gasteiger partial charge is 0.497 e. The molecule has 4 aromatic carbocycles. The Hall–Kier alpha value is -4.12. The first-order valence-corrected chi connectivity index (χ1v) is 17.8. The molecule has 1 saturated heterocycles. The molecule has 8 nitrogen and oxygen atoms in total. The van der Waals surface area contributed by atoms with Gasteiger partial charge in [0, 0.05) is 55.9 Å². The van der Waals surface area contributed by atoms with E-state index in [1.54, 1.807) is 13.2 Å². The average molecular weight is 651 g/mol. The van der Waals surface area contributed by atoms with Crippen LogP contribution in [0, 0.1) is 6.92 Å². The van der Waals surface area contributed by atoms with Gasteiger partial charge in [-0.15, -0.1) is 0 Å². The van der Waals surface area contributed by atoms with E-state index in [1.165, 1.54) is 11.1 Å². The first kappa shape index (κ1) is 31.5. The summed E-state index contributed by atoms with van der Waals surface area (Å²) in [4.78, 5) is 10.3. The lowest BCUT2D eigenvalue weighted by Crippen LogP contribution is -2.65. The highest BCUT2D eigenvalue weighted by atomic mass is 32.3. The molecule has 244 valence electrons. The molecule has 0 bridgehead atoms. The Balaban J connectivity index is 1.21. The highest BCUT2D eigenvalue weighted by Gasteiger charge is 2.44. The first-order chi connectivity index (χ1) is 22.8. The van der Waals surface area contributed by atoms with Gasteiger partial charge in [-0.1, -0.05) is 78.4 Å². The molecule has 0 amide bonds. The summed E-state index contributed by atoms with van der Waals surface area (Å²) in [5, 5.41) is 4.92. The van der Waals surface area contributed by atoms with Gasteiger partial charge in [-0.3, -0.25) is 14.0 Å². The number of nitrogens with zero attached hydrogens (tertiary/aromatic N) is 3. The van der Waals surface area contributed by atoms with Crippen molar-refractivity contribution in [2.45, 2.75) is 37.0 Å². The van der Waals surface area contributed by atoms with Gasteiger partial charge in [0.2, 0.25) is 0 Å². The van der Waals surface area contributed by atoms with Crippen LogP contribution in [0.1, 0.15) is 22.3 Å². The number of hydrogen-bond donors (Lipinski definition) is 3. The van der Waals surface area contributed by atoms with E-state index in [9.17, 15) is 9.11 Å².